The maximum Gasteiger partial charge on any atom is 0.424 e. The van der Waals surface area contributed by atoms with Crippen LogP contribution in [0.15, 0.2) is 12.4 Å². The van der Waals surface area contributed by atoms with Crippen molar-refractivity contribution in [2.75, 3.05) is 39.4 Å². The molecule has 3 rings (SSSR count). The van der Waals surface area contributed by atoms with Crippen molar-refractivity contribution in [3.8, 4) is 0 Å². The molecule has 1 aliphatic heterocycles. The van der Waals surface area contributed by atoms with E-state index in [1.54, 1.807) is 0 Å². The molecule has 2 heterocycles. The number of carbonyl (C=O) groups excluding carboxylic acids is 1. The van der Waals surface area contributed by atoms with Crippen LogP contribution in [0.4, 0.5) is 18.0 Å². The number of aromatic nitrogens is 2. The van der Waals surface area contributed by atoms with E-state index in [4.69, 9.17) is 4.74 Å². The summed E-state index contributed by atoms with van der Waals surface area (Å²) in [4.78, 5) is 18.4. The summed E-state index contributed by atoms with van der Waals surface area (Å²) in [5.74, 6) is -0.504. The fourth-order valence-corrected chi connectivity index (χ4v) is 4.66. The van der Waals surface area contributed by atoms with Crippen LogP contribution in [0.25, 0.3) is 0 Å². The molecule has 2 fully saturated rings. The molecule has 1 atom stereocenters. The summed E-state index contributed by atoms with van der Waals surface area (Å²) in [5.41, 5.74) is -3.28. The van der Waals surface area contributed by atoms with Crippen LogP contribution in [-0.4, -0.2) is 76.7 Å². The molecule has 31 heavy (non-hydrogen) atoms. The lowest BCUT2D eigenvalue weighted by Crippen LogP contribution is -2.60. The Labute approximate surface area is 180 Å². The van der Waals surface area contributed by atoms with Gasteiger partial charge in [-0.2, -0.15) is 13.2 Å². The lowest BCUT2D eigenvalue weighted by atomic mass is 9.80. The quantitative estimate of drug-likeness (QED) is 0.594. The number of aryl methyl sites for hydroxylation is 1. The fourth-order valence-electron chi connectivity index (χ4n) is 4.66. The number of aliphatic hydroxyl groups is 1. The van der Waals surface area contributed by atoms with Crippen molar-refractivity contribution in [1.82, 2.24) is 25.1 Å². The van der Waals surface area contributed by atoms with E-state index >= 15 is 0 Å². The third kappa shape index (κ3) is 5.32. The van der Waals surface area contributed by atoms with Crippen LogP contribution in [0.1, 0.15) is 44.3 Å². The normalized spacial score (nSPS) is 22.0. The van der Waals surface area contributed by atoms with Crippen molar-refractivity contribution in [3.05, 3.63) is 18.2 Å². The molecule has 0 radical (unpaired) electrons. The summed E-state index contributed by atoms with van der Waals surface area (Å²) in [6.45, 7) is 3.03. The zero-order valence-corrected chi connectivity index (χ0v) is 17.9. The topological polar surface area (TPSA) is 91.7 Å². The molecule has 11 heteroatoms. The van der Waals surface area contributed by atoms with Crippen molar-refractivity contribution in [1.29, 1.82) is 0 Å². The summed E-state index contributed by atoms with van der Waals surface area (Å²) >= 11 is 0. The number of nitrogens with one attached hydrogen (secondary N) is 2. The van der Waals surface area contributed by atoms with E-state index in [9.17, 15) is 23.1 Å². The Balaban J connectivity index is 1.55. The standard InChI is InChI=1S/C20H32F3N5O3/c1-27-10-9-24-16(27)19(30,20(21,22)23)7-8-25-17(29)26-15-18(5-3-2-4-6-18)28-11-13-31-14-12-28/h9-10,30H,2-8,11-15H2,1H3,(H2,25,26,29). The van der Waals surface area contributed by atoms with Crippen LogP contribution in [0.5, 0.6) is 0 Å². The van der Waals surface area contributed by atoms with Gasteiger partial charge in [-0.05, 0) is 12.8 Å². The van der Waals surface area contributed by atoms with Gasteiger partial charge < -0.3 is 25.0 Å². The van der Waals surface area contributed by atoms with E-state index in [0.29, 0.717) is 19.8 Å². The molecule has 0 aromatic carbocycles. The molecule has 176 valence electrons. The minimum atomic E-state index is -4.92. The number of alkyl halides is 3. The highest BCUT2D eigenvalue weighted by Gasteiger charge is 2.57. The van der Waals surface area contributed by atoms with E-state index in [1.807, 2.05) is 0 Å². The van der Waals surface area contributed by atoms with Crippen molar-refractivity contribution < 1.29 is 27.8 Å². The van der Waals surface area contributed by atoms with Crippen molar-refractivity contribution >= 4 is 6.03 Å². The number of ether oxygens (including phenoxy) is 1. The highest BCUT2D eigenvalue weighted by Crippen LogP contribution is 2.40. The van der Waals surface area contributed by atoms with Gasteiger partial charge in [-0.15, -0.1) is 0 Å². The number of imidazole rings is 1. The molecule has 3 N–H and O–H groups in total. The summed E-state index contributed by atoms with van der Waals surface area (Å²) in [6.07, 6.45) is 2.16. The van der Waals surface area contributed by atoms with Gasteiger partial charge in [0.2, 0.25) is 5.60 Å². The predicted molar refractivity (Wildman–Crippen MR) is 107 cm³/mol. The van der Waals surface area contributed by atoms with Gasteiger partial charge in [-0.1, -0.05) is 19.3 Å². The largest absolute Gasteiger partial charge is 0.424 e. The maximum atomic E-state index is 13.6. The smallest absolute Gasteiger partial charge is 0.379 e. The second-order valence-corrected chi connectivity index (χ2v) is 8.46. The molecule has 1 saturated carbocycles. The molecule has 2 aliphatic rings. The van der Waals surface area contributed by atoms with Crippen molar-refractivity contribution in [2.24, 2.45) is 7.05 Å². The molecule has 0 spiro atoms. The highest BCUT2D eigenvalue weighted by molar-refractivity contribution is 5.73. The molecule has 1 saturated heterocycles. The predicted octanol–water partition coefficient (Wildman–Crippen LogP) is 1.89. The lowest BCUT2D eigenvalue weighted by molar-refractivity contribution is -0.272. The van der Waals surface area contributed by atoms with E-state index in [2.05, 4.69) is 20.5 Å². The second kappa shape index (κ2) is 9.74. The van der Waals surface area contributed by atoms with Gasteiger partial charge in [0, 0.05) is 57.6 Å². The third-order valence-corrected chi connectivity index (χ3v) is 6.48. The maximum absolute atomic E-state index is 13.6. The van der Waals surface area contributed by atoms with Crippen molar-refractivity contribution in [3.63, 3.8) is 0 Å². The average Bonchev–Trinajstić information content (AvgIpc) is 3.19. The number of hydrogen-bond acceptors (Lipinski definition) is 5. The number of amides is 2. The molecule has 1 aromatic rings. The van der Waals surface area contributed by atoms with Crippen LogP contribution in [-0.2, 0) is 17.4 Å². The summed E-state index contributed by atoms with van der Waals surface area (Å²) in [7, 11) is 1.38. The Kier molecular flexibility index (Phi) is 7.48. The molecule has 1 unspecified atom stereocenters. The van der Waals surface area contributed by atoms with Gasteiger partial charge >= 0.3 is 12.2 Å². The number of urea groups is 1. The van der Waals surface area contributed by atoms with Gasteiger partial charge in [0.15, 0.2) is 0 Å². The van der Waals surface area contributed by atoms with Crippen LogP contribution in [0.3, 0.4) is 0 Å². The van der Waals surface area contributed by atoms with E-state index in [0.717, 1.165) is 43.3 Å². The number of carbonyl (C=O) groups is 1. The van der Waals surface area contributed by atoms with Gasteiger partial charge in [0.1, 0.15) is 5.82 Å². The SMILES string of the molecule is Cn1ccnc1C(O)(CCNC(=O)NCC1(N2CCOCC2)CCCCC1)C(F)(F)F. The first-order chi connectivity index (χ1) is 14.7. The van der Waals surface area contributed by atoms with Gasteiger partial charge in [0.25, 0.3) is 0 Å². The first-order valence-corrected chi connectivity index (χ1v) is 10.8. The number of halogens is 3. The number of nitrogens with zero attached hydrogens (tertiary/aromatic N) is 3. The Bertz CT molecular complexity index is 730. The molecular weight excluding hydrogens is 415 g/mol. The Morgan fingerprint density at radius 2 is 1.90 bits per heavy atom. The number of hydrogen-bond donors (Lipinski definition) is 3. The fraction of sp³-hybridized carbons (Fsp3) is 0.800. The van der Waals surface area contributed by atoms with Gasteiger partial charge in [0.05, 0.1) is 13.2 Å². The molecule has 1 aromatic heterocycles. The van der Waals surface area contributed by atoms with Crippen LogP contribution in [0, 0.1) is 0 Å². The summed E-state index contributed by atoms with van der Waals surface area (Å²) < 4.78 is 47.3. The zero-order chi connectivity index (χ0) is 22.5. The zero-order valence-electron chi connectivity index (χ0n) is 17.9. The number of morpholine rings is 1. The number of rotatable bonds is 7. The van der Waals surface area contributed by atoms with E-state index in [1.165, 1.54) is 25.9 Å². The summed E-state index contributed by atoms with van der Waals surface area (Å²) in [6, 6.07) is -0.539. The van der Waals surface area contributed by atoms with Gasteiger partial charge in [-0.3, -0.25) is 4.90 Å². The van der Waals surface area contributed by atoms with Crippen molar-refractivity contribution in [2.45, 2.75) is 55.8 Å². The minimum absolute atomic E-state index is 0.140. The molecule has 8 nitrogen and oxygen atoms in total. The molecule has 2 amide bonds. The Hall–Kier alpha value is -1.85. The van der Waals surface area contributed by atoms with E-state index < -0.39 is 30.1 Å². The van der Waals surface area contributed by atoms with Crippen LogP contribution in [0.2, 0.25) is 0 Å². The van der Waals surface area contributed by atoms with Crippen LogP contribution < -0.4 is 10.6 Å². The molecule has 1 aliphatic carbocycles. The lowest BCUT2D eigenvalue weighted by Gasteiger charge is -2.48. The molecular formula is C20H32F3N5O3. The average molecular weight is 448 g/mol. The minimum Gasteiger partial charge on any atom is -0.379 e. The summed E-state index contributed by atoms with van der Waals surface area (Å²) in [5, 5.41) is 15.7. The third-order valence-electron chi connectivity index (χ3n) is 6.48. The molecule has 0 bridgehead atoms. The van der Waals surface area contributed by atoms with Crippen LogP contribution >= 0.6 is 0 Å². The second-order valence-electron chi connectivity index (χ2n) is 8.46. The monoisotopic (exact) mass is 447 g/mol. The first-order valence-electron chi connectivity index (χ1n) is 10.8. The Morgan fingerprint density at radius 1 is 1.23 bits per heavy atom. The first kappa shape index (κ1) is 23.8. The Morgan fingerprint density at radius 3 is 2.48 bits per heavy atom. The van der Waals surface area contributed by atoms with E-state index in [-0.39, 0.29) is 12.1 Å². The highest BCUT2D eigenvalue weighted by atomic mass is 19.4. The van der Waals surface area contributed by atoms with Gasteiger partial charge in [-0.25, -0.2) is 9.78 Å².